The molecule has 3 aromatic rings. The zero-order chi connectivity index (χ0) is 25.1. The number of hydrogen-bond donors (Lipinski definition) is 1. The molecule has 34 heavy (non-hydrogen) atoms. The van der Waals surface area contributed by atoms with Gasteiger partial charge in [0, 0.05) is 16.0 Å². The summed E-state index contributed by atoms with van der Waals surface area (Å²) in [7, 11) is -4.15. The number of sulfonamides is 1. The number of benzene rings is 3. The van der Waals surface area contributed by atoms with Crippen LogP contribution in [0.4, 0.5) is 18.9 Å². The van der Waals surface area contributed by atoms with Crippen molar-refractivity contribution in [1.29, 1.82) is 0 Å². The zero-order valence-corrected chi connectivity index (χ0v) is 20.9. The number of carbonyl (C=O) groups is 1. The summed E-state index contributed by atoms with van der Waals surface area (Å²) in [5.41, 5.74) is -0.0692. The van der Waals surface area contributed by atoms with Gasteiger partial charge in [0.2, 0.25) is 15.9 Å². The Hall–Kier alpha value is -2.40. The molecule has 0 heterocycles. The molecule has 180 valence electrons. The number of halogens is 5. The molecule has 0 aliphatic rings. The molecular weight excluding hydrogens is 557 g/mol. The molecule has 0 saturated carbocycles. The van der Waals surface area contributed by atoms with Crippen molar-refractivity contribution < 1.29 is 26.4 Å². The van der Waals surface area contributed by atoms with Crippen molar-refractivity contribution in [2.24, 2.45) is 0 Å². The van der Waals surface area contributed by atoms with Gasteiger partial charge in [0.05, 0.1) is 22.7 Å². The molecule has 0 spiro atoms. The van der Waals surface area contributed by atoms with Gasteiger partial charge in [-0.05, 0) is 55.0 Å². The Bertz CT molecular complexity index is 1280. The molecule has 1 amide bonds. The zero-order valence-electron chi connectivity index (χ0n) is 17.7. The van der Waals surface area contributed by atoms with E-state index < -0.39 is 39.9 Å². The molecule has 0 aliphatic heterocycles. The fourth-order valence-electron chi connectivity index (χ4n) is 3.09. The van der Waals surface area contributed by atoms with Crippen molar-refractivity contribution in [1.82, 2.24) is 4.31 Å². The molecule has 0 unspecified atom stereocenters. The molecule has 0 fully saturated rings. The Kier molecular flexibility index (Phi) is 8.07. The highest BCUT2D eigenvalue weighted by molar-refractivity contribution is 9.10. The average molecular weight is 576 g/mol. The first-order valence-electron chi connectivity index (χ1n) is 9.84. The Morgan fingerprint density at radius 1 is 1.03 bits per heavy atom. The van der Waals surface area contributed by atoms with Gasteiger partial charge in [-0.1, -0.05) is 57.4 Å². The Balaban J connectivity index is 1.92. The first kappa shape index (κ1) is 26.2. The van der Waals surface area contributed by atoms with Crippen LogP contribution in [0.5, 0.6) is 0 Å². The third-order valence-corrected chi connectivity index (χ3v) is 7.38. The number of rotatable bonds is 7. The van der Waals surface area contributed by atoms with E-state index in [0.29, 0.717) is 16.1 Å². The maximum Gasteiger partial charge on any atom is 0.418 e. The summed E-state index contributed by atoms with van der Waals surface area (Å²) in [6.07, 6.45) is -4.77. The average Bonchev–Trinajstić information content (AvgIpc) is 2.75. The first-order chi connectivity index (χ1) is 15.9. The summed E-state index contributed by atoms with van der Waals surface area (Å²) in [6.45, 7) is 1.02. The predicted octanol–water partition coefficient (Wildman–Crippen LogP) is 6.26. The number of nitrogens with zero attached hydrogens (tertiary/aromatic N) is 1. The van der Waals surface area contributed by atoms with E-state index in [0.717, 1.165) is 15.9 Å². The number of nitrogens with one attached hydrogen (secondary N) is 1. The van der Waals surface area contributed by atoms with Crippen molar-refractivity contribution >= 4 is 49.1 Å². The summed E-state index contributed by atoms with van der Waals surface area (Å²) in [6, 6.07) is 15.8. The highest BCUT2D eigenvalue weighted by Gasteiger charge is 2.35. The fraction of sp³-hybridized carbons (Fsp3) is 0.174. The maximum atomic E-state index is 13.4. The molecule has 0 bridgehead atoms. The molecular formula is C23H19BrClF3N2O3S. The SMILES string of the molecule is Cc1ccc(CN(CC(=O)Nc2ccc(Cl)cc2C(F)(F)F)S(=O)(=O)c2ccc(Br)cc2)cc1. The van der Waals surface area contributed by atoms with Crippen LogP contribution in [0, 0.1) is 6.92 Å². The Morgan fingerprint density at radius 2 is 1.65 bits per heavy atom. The lowest BCUT2D eigenvalue weighted by Gasteiger charge is -2.23. The van der Waals surface area contributed by atoms with Crippen molar-refractivity contribution in [3.05, 3.63) is 92.9 Å². The van der Waals surface area contributed by atoms with Gasteiger partial charge in [-0.3, -0.25) is 4.79 Å². The second-order valence-electron chi connectivity index (χ2n) is 7.45. The van der Waals surface area contributed by atoms with Gasteiger partial charge in [0.15, 0.2) is 0 Å². The summed E-state index contributed by atoms with van der Waals surface area (Å²) in [5, 5.41) is 2.02. The van der Waals surface area contributed by atoms with Crippen LogP contribution in [0.3, 0.4) is 0 Å². The van der Waals surface area contributed by atoms with E-state index in [1.165, 1.54) is 18.2 Å². The molecule has 1 N–H and O–H groups in total. The number of carbonyl (C=O) groups excluding carboxylic acids is 1. The van der Waals surface area contributed by atoms with E-state index in [4.69, 9.17) is 11.6 Å². The van der Waals surface area contributed by atoms with Gasteiger partial charge in [0.25, 0.3) is 0 Å². The van der Waals surface area contributed by atoms with Crippen LogP contribution in [0.25, 0.3) is 0 Å². The lowest BCUT2D eigenvalue weighted by atomic mass is 10.1. The minimum absolute atomic E-state index is 0.0573. The van der Waals surface area contributed by atoms with Crippen LogP contribution in [0.1, 0.15) is 16.7 Å². The number of anilines is 1. The number of amides is 1. The molecule has 5 nitrogen and oxygen atoms in total. The van der Waals surface area contributed by atoms with Gasteiger partial charge in [-0.15, -0.1) is 0 Å². The normalized spacial score (nSPS) is 12.1. The van der Waals surface area contributed by atoms with Crippen molar-refractivity contribution in [3.8, 4) is 0 Å². The van der Waals surface area contributed by atoms with Gasteiger partial charge >= 0.3 is 6.18 Å². The van der Waals surface area contributed by atoms with Gasteiger partial charge < -0.3 is 5.32 Å². The smallest absolute Gasteiger partial charge is 0.324 e. The Morgan fingerprint density at radius 3 is 2.24 bits per heavy atom. The highest BCUT2D eigenvalue weighted by Crippen LogP contribution is 2.36. The second-order valence-corrected chi connectivity index (χ2v) is 10.7. The largest absolute Gasteiger partial charge is 0.418 e. The fourth-order valence-corrected chi connectivity index (χ4v) is 4.91. The molecule has 0 aliphatic carbocycles. The van der Waals surface area contributed by atoms with Crippen molar-refractivity contribution in [3.63, 3.8) is 0 Å². The first-order valence-corrected chi connectivity index (χ1v) is 12.5. The molecule has 3 aromatic carbocycles. The second kappa shape index (κ2) is 10.5. The molecule has 0 radical (unpaired) electrons. The van der Waals surface area contributed by atoms with Crippen LogP contribution in [0.15, 0.2) is 76.1 Å². The summed E-state index contributed by atoms with van der Waals surface area (Å²) in [4.78, 5) is 12.7. The van der Waals surface area contributed by atoms with Crippen LogP contribution in [-0.2, 0) is 27.5 Å². The lowest BCUT2D eigenvalue weighted by molar-refractivity contribution is -0.137. The molecule has 0 saturated heterocycles. The lowest BCUT2D eigenvalue weighted by Crippen LogP contribution is -2.37. The summed E-state index contributed by atoms with van der Waals surface area (Å²) < 4.78 is 68.3. The maximum absolute atomic E-state index is 13.4. The van der Waals surface area contributed by atoms with Crippen molar-refractivity contribution in [2.75, 3.05) is 11.9 Å². The standard InChI is InChI=1S/C23H19BrClF3N2O3S/c1-15-2-4-16(5-3-15)13-30(34(32,33)19-9-6-17(24)7-10-19)14-22(31)29-21-11-8-18(25)12-20(21)23(26,27)28/h2-12H,13-14H2,1H3,(H,29,31). The number of aryl methyl sites for hydroxylation is 1. The van der Waals surface area contributed by atoms with E-state index in [1.807, 2.05) is 6.92 Å². The van der Waals surface area contributed by atoms with Crippen LogP contribution >= 0.6 is 27.5 Å². The van der Waals surface area contributed by atoms with Crippen molar-refractivity contribution in [2.45, 2.75) is 24.5 Å². The van der Waals surface area contributed by atoms with Gasteiger partial charge in [-0.25, -0.2) is 8.42 Å². The number of hydrogen-bond acceptors (Lipinski definition) is 3. The summed E-state index contributed by atoms with van der Waals surface area (Å²) >= 11 is 8.92. The molecule has 0 aromatic heterocycles. The quantitative estimate of drug-likeness (QED) is 0.362. The molecule has 11 heteroatoms. The number of alkyl halides is 3. The van der Waals surface area contributed by atoms with Crippen LogP contribution in [0.2, 0.25) is 5.02 Å². The van der Waals surface area contributed by atoms with Gasteiger partial charge in [0.1, 0.15) is 0 Å². The van der Waals surface area contributed by atoms with Gasteiger partial charge in [-0.2, -0.15) is 17.5 Å². The Labute approximate surface area is 208 Å². The monoisotopic (exact) mass is 574 g/mol. The van der Waals surface area contributed by atoms with E-state index in [-0.39, 0.29) is 16.5 Å². The van der Waals surface area contributed by atoms with E-state index in [2.05, 4.69) is 21.2 Å². The molecule has 3 rings (SSSR count). The van der Waals surface area contributed by atoms with Crippen LogP contribution < -0.4 is 5.32 Å². The molecule has 0 atom stereocenters. The third-order valence-electron chi connectivity index (χ3n) is 4.81. The minimum atomic E-state index is -4.77. The minimum Gasteiger partial charge on any atom is -0.324 e. The van der Waals surface area contributed by atoms with E-state index in [1.54, 1.807) is 36.4 Å². The van der Waals surface area contributed by atoms with E-state index in [9.17, 15) is 26.4 Å². The van der Waals surface area contributed by atoms with Crippen LogP contribution in [-0.4, -0.2) is 25.2 Å². The summed E-state index contributed by atoms with van der Waals surface area (Å²) in [5.74, 6) is -0.930. The highest BCUT2D eigenvalue weighted by atomic mass is 79.9. The van der Waals surface area contributed by atoms with E-state index >= 15 is 0 Å². The predicted molar refractivity (Wildman–Crippen MR) is 128 cm³/mol. The topological polar surface area (TPSA) is 66.5 Å². The third kappa shape index (κ3) is 6.59.